The normalized spacial score (nSPS) is 9.96. The molecule has 0 spiro atoms. The van der Waals surface area contributed by atoms with Crippen molar-refractivity contribution in [3.05, 3.63) is 107 Å². The maximum atomic E-state index is 12.9. The Morgan fingerprint density at radius 3 is 1.89 bits per heavy atom. The number of benzene rings is 3. The molecular weight excluding hydrogens is 334 g/mol. The highest BCUT2D eigenvalue weighted by molar-refractivity contribution is 6.06. The van der Waals surface area contributed by atoms with E-state index in [1.165, 1.54) is 0 Å². The Kier molecular flexibility index (Phi) is 5.49. The van der Waals surface area contributed by atoms with E-state index >= 15 is 0 Å². The summed E-state index contributed by atoms with van der Waals surface area (Å²) in [5, 5.41) is 9.77. The third-order valence-electron chi connectivity index (χ3n) is 4.22. The third kappa shape index (κ3) is 4.13. The molecule has 132 valence electrons. The summed E-state index contributed by atoms with van der Waals surface area (Å²) >= 11 is 0. The minimum Gasteiger partial charge on any atom is -0.422 e. The second-order valence-electron chi connectivity index (χ2n) is 6.25. The fraction of sp³-hybridized carbons (Fsp3) is 0.0833. The van der Waals surface area contributed by atoms with E-state index in [0.29, 0.717) is 11.3 Å². The molecule has 0 unspecified atom stereocenters. The number of hydrogen-bond donors (Lipinski definition) is 0. The van der Waals surface area contributed by atoms with Gasteiger partial charge >= 0.3 is 5.97 Å². The lowest BCUT2D eigenvalue weighted by Crippen LogP contribution is -2.13. The van der Waals surface area contributed by atoms with E-state index in [0.717, 1.165) is 22.3 Å². The van der Waals surface area contributed by atoms with Gasteiger partial charge in [0.05, 0.1) is 0 Å². The van der Waals surface area contributed by atoms with E-state index in [9.17, 15) is 10.1 Å². The molecule has 3 aromatic carbocycles. The van der Waals surface area contributed by atoms with Gasteiger partial charge < -0.3 is 4.74 Å². The van der Waals surface area contributed by atoms with Crippen LogP contribution in [-0.4, -0.2) is 5.97 Å². The van der Waals surface area contributed by atoms with Crippen molar-refractivity contribution in [3.63, 3.8) is 0 Å². The number of esters is 1. The number of aryl methyl sites for hydroxylation is 2. The van der Waals surface area contributed by atoms with Crippen molar-refractivity contribution < 1.29 is 9.53 Å². The average molecular weight is 353 g/mol. The van der Waals surface area contributed by atoms with Gasteiger partial charge in [-0.2, -0.15) is 5.26 Å². The molecule has 27 heavy (non-hydrogen) atoms. The van der Waals surface area contributed by atoms with Crippen molar-refractivity contribution in [3.8, 4) is 11.8 Å². The molecule has 0 radical (unpaired) electrons. The predicted octanol–water partition coefficient (Wildman–Crippen LogP) is 5.23. The lowest BCUT2D eigenvalue weighted by molar-refractivity contribution is -0.129. The monoisotopic (exact) mass is 353 g/mol. The lowest BCUT2D eigenvalue weighted by atomic mass is 9.93. The van der Waals surface area contributed by atoms with Crippen molar-refractivity contribution in [2.24, 2.45) is 0 Å². The molecule has 0 aliphatic rings. The molecule has 3 heteroatoms. The Morgan fingerprint density at radius 1 is 0.852 bits per heavy atom. The smallest absolute Gasteiger partial charge is 0.354 e. The summed E-state index contributed by atoms with van der Waals surface area (Å²) in [5.41, 5.74) is 4.05. The third-order valence-corrected chi connectivity index (χ3v) is 4.22. The van der Waals surface area contributed by atoms with Crippen LogP contribution in [-0.2, 0) is 4.79 Å². The minimum atomic E-state index is -0.660. The highest BCUT2D eigenvalue weighted by atomic mass is 16.5. The van der Waals surface area contributed by atoms with Crippen LogP contribution in [0.1, 0.15) is 22.3 Å². The van der Waals surface area contributed by atoms with Crippen molar-refractivity contribution in [2.45, 2.75) is 13.8 Å². The van der Waals surface area contributed by atoms with Gasteiger partial charge in [-0.25, -0.2) is 4.79 Å². The van der Waals surface area contributed by atoms with Crippen LogP contribution in [0.25, 0.3) is 5.57 Å². The van der Waals surface area contributed by atoms with Crippen LogP contribution in [0.15, 0.2) is 84.4 Å². The van der Waals surface area contributed by atoms with E-state index in [1.54, 1.807) is 6.07 Å². The number of hydrogen-bond acceptors (Lipinski definition) is 3. The number of nitrogens with zero attached hydrogens (tertiary/aromatic N) is 1. The lowest BCUT2D eigenvalue weighted by Gasteiger charge is -2.12. The van der Waals surface area contributed by atoms with Gasteiger partial charge in [-0.05, 0) is 36.6 Å². The first-order valence-corrected chi connectivity index (χ1v) is 8.65. The van der Waals surface area contributed by atoms with Gasteiger partial charge in [0, 0.05) is 5.57 Å². The first kappa shape index (κ1) is 18.2. The number of carbonyl (C=O) groups excluding carboxylic acids is 1. The minimum absolute atomic E-state index is 0.0209. The van der Waals surface area contributed by atoms with E-state index in [2.05, 4.69) is 6.07 Å². The van der Waals surface area contributed by atoms with Gasteiger partial charge in [0.2, 0.25) is 0 Å². The van der Waals surface area contributed by atoms with Crippen LogP contribution < -0.4 is 4.74 Å². The number of carbonyl (C=O) groups is 1. The SMILES string of the molecule is Cc1ccc(OC(=O)C(C#N)=C(c2ccccc2)c2ccccc2)c(C)c1. The highest BCUT2D eigenvalue weighted by Gasteiger charge is 2.21. The second-order valence-corrected chi connectivity index (χ2v) is 6.25. The Morgan fingerprint density at radius 2 is 1.41 bits per heavy atom. The van der Waals surface area contributed by atoms with Crippen LogP contribution in [0.3, 0.4) is 0 Å². The molecule has 0 aliphatic carbocycles. The Bertz CT molecular complexity index is 987. The van der Waals surface area contributed by atoms with Gasteiger partial charge in [-0.3, -0.25) is 0 Å². The molecule has 0 atom stereocenters. The molecule has 0 aromatic heterocycles. The van der Waals surface area contributed by atoms with E-state index in [-0.39, 0.29) is 5.57 Å². The second kappa shape index (κ2) is 8.16. The van der Waals surface area contributed by atoms with E-state index < -0.39 is 5.97 Å². The van der Waals surface area contributed by atoms with Gasteiger partial charge in [-0.1, -0.05) is 78.4 Å². The number of rotatable bonds is 4. The zero-order valence-electron chi connectivity index (χ0n) is 15.3. The molecule has 0 bridgehead atoms. The van der Waals surface area contributed by atoms with Crippen molar-refractivity contribution in [2.75, 3.05) is 0 Å². The largest absolute Gasteiger partial charge is 0.422 e. The fourth-order valence-corrected chi connectivity index (χ4v) is 2.93. The molecule has 0 heterocycles. The molecule has 3 nitrogen and oxygen atoms in total. The van der Waals surface area contributed by atoms with E-state index in [1.807, 2.05) is 86.6 Å². The molecule has 0 saturated carbocycles. The summed E-state index contributed by atoms with van der Waals surface area (Å²) in [6.07, 6.45) is 0. The average Bonchev–Trinajstić information content (AvgIpc) is 2.69. The molecule has 0 saturated heterocycles. The van der Waals surface area contributed by atoms with Crippen LogP contribution >= 0.6 is 0 Å². The number of nitriles is 1. The first-order chi connectivity index (χ1) is 13.1. The molecule has 0 fully saturated rings. The van der Waals surface area contributed by atoms with Gasteiger partial charge in [0.15, 0.2) is 0 Å². The quantitative estimate of drug-likeness (QED) is 0.279. The zero-order valence-corrected chi connectivity index (χ0v) is 15.3. The standard InChI is InChI=1S/C24H19NO2/c1-17-13-14-22(18(2)15-17)27-24(26)21(16-25)23(19-9-5-3-6-10-19)20-11-7-4-8-12-20/h3-15H,1-2H3. The first-order valence-electron chi connectivity index (χ1n) is 8.65. The van der Waals surface area contributed by atoms with Crippen molar-refractivity contribution in [1.82, 2.24) is 0 Å². The van der Waals surface area contributed by atoms with Gasteiger partial charge in [0.25, 0.3) is 0 Å². The summed E-state index contributed by atoms with van der Waals surface area (Å²) in [6.45, 7) is 3.85. The zero-order chi connectivity index (χ0) is 19.2. The topological polar surface area (TPSA) is 50.1 Å². The molecule has 0 aliphatic heterocycles. The number of ether oxygens (including phenoxy) is 1. The van der Waals surface area contributed by atoms with Crippen LogP contribution in [0.2, 0.25) is 0 Å². The molecular formula is C24H19NO2. The van der Waals surface area contributed by atoms with Gasteiger partial charge in [0.1, 0.15) is 17.4 Å². The Hall–Kier alpha value is -3.64. The van der Waals surface area contributed by atoms with Gasteiger partial charge in [-0.15, -0.1) is 0 Å². The molecule has 0 N–H and O–H groups in total. The molecule has 3 aromatic rings. The summed E-state index contributed by atoms with van der Waals surface area (Å²) in [4.78, 5) is 12.9. The highest BCUT2D eigenvalue weighted by Crippen LogP contribution is 2.28. The van der Waals surface area contributed by atoms with Crippen molar-refractivity contribution in [1.29, 1.82) is 5.26 Å². The van der Waals surface area contributed by atoms with Crippen molar-refractivity contribution >= 4 is 11.5 Å². The fourth-order valence-electron chi connectivity index (χ4n) is 2.93. The molecule has 0 amide bonds. The predicted molar refractivity (Wildman–Crippen MR) is 106 cm³/mol. The summed E-state index contributed by atoms with van der Waals surface area (Å²) in [5.74, 6) is -0.203. The van der Waals surface area contributed by atoms with Crippen LogP contribution in [0.4, 0.5) is 0 Å². The van der Waals surface area contributed by atoms with Crippen LogP contribution in [0.5, 0.6) is 5.75 Å². The Labute approximate surface area is 159 Å². The summed E-state index contributed by atoms with van der Waals surface area (Å²) < 4.78 is 5.56. The summed E-state index contributed by atoms with van der Waals surface area (Å²) in [7, 11) is 0. The van der Waals surface area contributed by atoms with Crippen LogP contribution in [0, 0.1) is 25.2 Å². The molecule has 3 rings (SSSR count). The van der Waals surface area contributed by atoms with E-state index in [4.69, 9.17) is 4.74 Å². The maximum absolute atomic E-state index is 12.9. The Balaban J connectivity index is 2.10. The maximum Gasteiger partial charge on any atom is 0.354 e. The summed E-state index contributed by atoms with van der Waals surface area (Å²) in [6, 6.07) is 26.4.